The van der Waals surface area contributed by atoms with Gasteiger partial charge < -0.3 is 9.30 Å². The van der Waals surface area contributed by atoms with E-state index >= 15 is 0 Å². The lowest BCUT2D eigenvalue weighted by molar-refractivity contribution is 0.187. The molecule has 0 N–H and O–H groups in total. The summed E-state index contributed by atoms with van der Waals surface area (Å²) in [5.41, 5.74) is 2.93. The van der Waals surface area contributed by atoms with Crippen LogP contribution in [0, 0.1) is 0 Å². The second-order valence-electron chi connectivity index (χ2n) is 9.10. The molecule has 0 aliphatic carbocycles. The van der Waals surface area contributed by atoms with Crippen molar-refractivity contribution in [3.63, 3.8) is 0 Å². The van der Waals surface area contributed by atoms with Crippen LogP contribution >= 0.6 is 0 Å². The minimum atomic E-state index is -3.54. The van der Waals surface area contributed by atoms with Crippen molar-refractivity contribution >= 4 is 21.1 Å². The van der Waals surface area contributed by atoms with Gasteiger partial charge in [0.1, 0.15) is 5.82 Å². The van der Waals surface area contributed by atoms with E-state index in [0.29, 0.717) is 31.1 Å². The quantitative estimate of drug-likeness (QED) is 0.583. The molecule has 7 nitrogen and oxygen atoms in total. The van der Waals surface area contributed by atoms with Crippen molar-refractivity contribution in [1.82, 2.24) is 18.8 Å². The average Bonchev–Trinajstić information content (AvgIpc) is 3.37. The van der Waals surface area contributed by atoms with Gasteiger partial charge in [0, 0.05) is 38.9 Å². The third-order valence-corrected chi connectivity index (χ3v) is 7.85. The maximum Gasteiger partial charge on any atom is 0.243 e. The summed E-state index contributed by atoms with van der Waals surface area (Å²) in [7, 11) is -1.87. The first kappa shape index (κ1) is 21.9. The molecule has 1 saturated heterocycles. The molecule has 3 aromatic rings. The molecule has 1 aromatic carbocycles. The van der Waals surface area contributed by atoms with Gasteiger partial charge in [-0.2, -0.15) is 4.31 Å². The lowest BCUT2D eigenvalue weighted by Gasteiger charge is -2.21. The highest BCUT2D eigenvalue weighted by molar-refractivity contribution is 7.89. The van der Waals surface area contributed by atoms with Gasteiger partial charge >= 0.3 is 0 Å². The van der Waals surface area contributed by atoms with Gasteiger partial charge in [-0.05, 0) is 35.6 Å². The zero-order chi connectivity index (χ0) is 22.2. The number of benzene rings is 1. The first-order valence-electron chi connectivity index (χ1n) is 10.6. The molecule has 0 saturated carbocycles. The molecule has 0 unspecified atom stereocenters. The Balaban J connectivity index is 1.59. The standard InChI is InChI=1S/C23H30N4O3S/c1-23(2,3)18-5-7-19(8-6-18)31(28,29)26-12-10-17(16-26)22-25-20-9-11-24-15-21(20)27(22)13-14-30-4/h5-9,11,15,17H,10,12-14,16H2,1-4H3/t17-/m0/s1. The number of pyridine rings is 1. The fourth-order valence-corrected chi connectivity index (χ4v) is 5.65. The summed E-state index contributed by atoms with van der Waals surface area (Å²) in [5, 5.41) is 0. The van der Waals surface area contributed by atoms with Gasteiger partial charge in [0.2, 0.25) is 10.0 Å². The van der Waals surface area contributed by atoms with Crippen LogP contribution in [0.15, 0.2) is 47.6 Å². The lowest BCUT2D eigenvalue weighted by Crippen LogP contribution is -2.29. The highest BCUT2D eigenvalue weighted by atomic mass is 32.2. The molecule has 166 valence electrons. The van der Waals surface area contributed by atoms with Crippen molar-refractivity contribution in [3.8, 4) is 0 Å². The second-order valence-corrected chi connectivity index (χ2v) is 11.0. The Labute approximate surface area is 184 Å². The van der Waals surface area contributed by atoms with Crippen molar-refractivity contribution in [2.45, 2.75) is 50.0 Å². The van der Waals surface area contributed by atoms with Crippen LogP contribution < -0.4 is 0 Å². The van der Waals surface area contributed by atoms with Crippen molar-refractivity contribution in [1.29, 1.82) is 0 Å². The first-order valence-corrected chi connectivity index (χ1v) is 12.1. The van der Waals surface area contributed by atoms with Crippen molar-refractivity contribution in [3.05, 3.63) is 54.1 Å². The van der Waals surface area contributed by atoms with E-state index in [9.17, 15) is 8.42 Å². The van der Waals surface area contributed by atoms with Gasteiger partial charge in [-0.15, -0.1) is 0 Å². The predicted molar refractivity (Wildman–Crippen MR) is 121 cm³/mol. The molecule has 1 aliphatic rings. The SMILES string of the molecule is COCCn1c([C@H]2CCN(S(=O)(=O)c3ccc(C(C)(C)C)cc3)C2)nc2ccncc21. The van der Waals surface area contributed by atoms with Gasteiger partial charge in [-0.3, -0.25) is 4.98 Å². The Morgan fingerprint density at radius 1 is 1.16 bits per heavy atom. The Bertz CT molecular complexity index is 1160. The van der Waals surface area contributed by atoms with E-state index in [-0.39, 0.29) is 11.3 Å². The molecule has 31 heavy (non-hydrogen) atoms. The number of fused-ring (bicyclic) bond motifs is 1. The smallest absolute Gasteiger partial charge is 0.243 e. The van der Waals surface area contributed by atoms with Crippen LogP contribution in [0.1, 0.15) is 44.5 Å². The number of hydrogen-bond acceptors (Lipinski definition) is 5. The number of rotatable bonds is 6. The van der Waals surface area contributed by atoms with Crippen LogP contribution in [0.5, 0.6) is 0 Å². The predicted octanol–water partition coefficient (Wildman–Crippen LogP) is 3.55. The number of sulfonamides is 1. The van der Waals surface area contributed by atoms with E-state index in [1.54, 1.807) is 29.7 Å². The Hall–Kier alpha value is -2.29. The Morgan fingerprint density at radius 3 is 2.58 bits per heavy atom. The van der Waals surface area contributed by atoms with E-state index in [0.717, 1.165) is 28.8 Å². The molecule has 1 atom stereocenters. The van der Waals surface area contributed by atoms with E-state index in [1.165, 1.54) is 0 Å². The van der Waals surface area contributed by atoms with Crippen LogP contribution in [0.2, 0.25) is 0 Å². The topological polar surface area (TPSA) is 77.3 Å². The minimum Gasteiger partial charge on any atom is -0.383 e. The molecule has 4 rings (SSSR count). The molecule has 0 amide bonds. The molecule has 8 heteroatoms. The van der Waals surface area contributed by atoms with E-state index in [1.807, 2.05) is 24.4 Å². The van der Waals surface area contributed by atoms with Gasteiger partial charge in [0.05, 0.1) is 28.7 Å². The molecule has 2 aromatic heterocycles. The van der Waals surface area contributed by atoms with Crippen LogP contribution in [0.3, 0.4) is 0 Å². The minimum absolute atomic E-state index is 0.0167. The van der Waals surface area contributed by atoms with Gasteiger partial charge in [0.15, 0.2) is 0 Å². The number of aromatic nitrogens is 3. The molecule has 3 heterocycles. The maximum absolute atomic E-state index is 13.3. The van der Waals surface area contributed by atoms with Crippen LogP contribution in [-0.4, -0.2) is 54.1 Å². The maximum atomic E-state index is 13.3. The average molecular weight is 443 g/mol. The van der Waals surface area contributed by atoms with Crippen molar-refractivity contribution < 1.29 is 13.2 Å². The molecule has 0 spiro atoms. The first-order chi connectivity index (χ1) is 14.7. The van der Waals surface area contributed by atoms with Gasteiger partial charge in [0.25, 0.3) is 0 Å². The van der Waals surface area contributed by atoms with Gasteiger partial charge in [-0.1, -0.05) is 32.9 Å². The summed E-state index contributed by atoms with van der Waals surface area (Å²) >= 11 is 0. The summed E-state index contributed by atoms with van der Waals surface area (Å²) < 4.78 is 35.5. The molecular formula is C23H30N4O3S. The number of ether oxygens (including phenoxy) is 1. The summed E-state index contributed by atoms with van der Waals surface area (Å²) in [5.74, 6) is 0.939. The monoisotopic (exact) mass is 442 g/mol. The summed E-state index contributed by atoms with van der Waals surface area (Å²) in [4.78, 5) is 9.40. The third-order valence-electron chi connectivity index (χ3n) is 5.97. The largest absolute Gasteiger partial charge is 0.383 e. The summed E-state index contributed by atoms with van der Waals surface area (Å²) in [6.07, 6.45) is 4.28. The third kappa shape index (κ3) is 4.24. The number of methoxy groups -OCH3 is 1. The molecule has 1 aliphatic heterocycles. The second kappa shape index (κ2) is 8.33. The molecule has 0 radical (unpaired) electrons. The fraction of sp³-hybridized carbons (Fsp3) is 0.478. The molecular weight excluding hydrogens is 412 g/mol. The van der Waals surface area contributed by atoms with Crippen LogP contribution in [0.25, 0.3) is 11.0 Å². The summed E-state index contributed by atoms with van der Waals surface area (Å²) in [6.45, 7) is 8.48. The fourth-order valence-electron chi connectivity index (χ4n) is 4.15. The van der Waals surface area contributed by atoms with Crippen LogP contribution in [-0.2, 0) is 26.7 Å². The normalized spacial score (nSPS) is 18.1. The molecule has 0 bridgehead atoms. The highest BCUT2D eigenvalue weighted by Crippen LogP contribution is 2.33. The van der Waals surface area contributed by atoms with E-state index in [4.69, 9.17) is 9.72 Å². The van der Waals surface area contributed by atoms with Gasteiger partial charge in [-0.25, -0.2) is 13.4 Å². The van der Waals surface area contributed by atoms with E-state index in [2.05, 4.69) is 30.3 Å². The zero-order valence-electron chi connectivity index (χ0n) is 18.6. The Kier molecular flexibility index (Phi) is 5.89. The summed E-state index contributed by atoms with van der Waals surface area (Å²) in [6, 6.07) is 9.17. The number of imidazole rings is 1. The Morgan fingerprint density at radius 2 is 1.90 bits per heavy atom. The lowest BCUT2D eigenvalue weighted by atomic mass is 9.87. The highest BCUT2D eigenvalue weighted by Gasteiger charge is 2.35. The number of hydrogen-bond donors (Lipinski definition) is 0. The number of nitrogens with zero attached hydrogens (tertiary/aromatic N) is 4. The van der Waals surface area contributed by atoms with E-state index < -0.39 is 10.0 Å². The van der Waals surface area contributed by atoms with Crippen LogP contribution in [0.4, 0.5) is 0 Å². The zero-order valence-corrected chi connectivity index (χ0v) is 19.4. The van der Waals surface area contributed by atoms with Crippen molar-refractivity contribution in [2.75, 3.05) is 26.8 Å². The molecule has 1 fully saturated rings. The van der Waals surface area contributed by atoms with Crippen molar-refractivity contribution in [2.24, 2.45) is 0 Å².